The van der Waals surface area contributed by atoms with Gasteiger partial charge in [0.25, 0.3) is 5.92 Å². The molecule has 1 aromatic carbocycles. The number of carbonyl (C=O) groups excluding carboxylic acids is 1. The number of hydrogen-bond acceptors (Lipinski definition) is 4. The van der Waals surface area contributed by atoms with Gasteiger partial charge in [-0.3, -0.25) is 4.79 Å². The Balaban J connectivity index is 2.24. The van der Waals surface area contributed by atoms with E-state index in [1.165, 1.54) is 0 Å². The first-order valence-electron chi connectivity index (χ1n) is 6.08. The van der Waals surface area contributed by atoms with E-state index in [9.17, 15) is 13.6 Å². The maximum Gasteiger partial charge on any atom is 0.277 e. The van der Waals surface area contributed by atoms with Crippen LogP contribution in [0.5, 0.6) is 11.5 Å². The second-order valence-electron chi connectivity index (χ2n) is 4.11. The minimum Gasteiger partial charge on any atom is -0.497 e. The lowest BCUT2D eigenvalue weighted by Gasteiger charge is -2.14. The van der Waals surface area contributed by atoms with Crippen LogP contribution in [0.3, 0.4) is 0 Å². The number of alkyl halides is 2. The third kappa shape index (κ3) is 5.83. The Morgan fingerprint density at radius 1 is 1.30 bits per heavy atom. The summed E-state index contributed by atoms with van der Waals surface area (Å²) in [5.74, 6) is -2.32. The highest BCUT2D eigenvalue weighted by atomic mass is 19.3. The van der Waals surface area contributed by atoms with Crippen LogP contribution >= 0.6 is 0 Å². The predicted molar refractivity (Wildman–Crippen MR) is 70.1 cm³/mol. The van der Waals surface area contributed by atoms with Gasteiger partial charge in [0.1, 0.15) is 11.5 Å². The van der Waals surface area contributed by atoms with E-state index in [0.717, 1.165) is 0 Å². The van der Waals surface area contributed by atoms with Crippen LogP contribution in [0, 0.1) is 0 Å². The molecule has 0 radical (unpaired) electrons. The molecule has 20 heavy (non-hydrogen) atoms. The molecule has 1 aromatic rings. The Labute approximate surface area is 116 Å². The van der Waals surface area contributed by atoms with Crippen LogP contribution in [-0.2, 0) is 4.79 Å². The first kappa shape index (κ1) is 16.2. The molecule has 1 amide bonds. The SMILES string of the molecule is COc1ccc(OCCC(=O)NCC(F)(F)CN)cc1. The van der Waals surface area contributed by atoms with Crippen molar-refractivity contribution in [2.24, 2.45) is 5.73 Å². The standard InChI is InChI=1S/C13H18F2N2O3/c1-19-10-2-4-11(5-3-10)20-7-6-12(18)17-9-13(14,15)8-16/h2-5H,6-9,16H2,1H3,(H,17,18). The number of amides is 1. The highest BCUT2D eigenvalue weighted by Crippen LogP contribution is 2.17. The molecule has 0 aliphatic heterocycles. The molecule has 0 heterocycles. The number of nitrogens with two attached hydrogens (primary N) is 1. The van der Waals surface area contributed by atoms with Gasteiger partial charge < -0.3 is 20.5 Å². The van der Waals surface area contributed by atoms with Crippen molar-refractivity contribution in [3.05, 3.63) is 24.3 Å². The van der Waals surface area contributed by atoms with Crippen molar-refractivity contribution in [1.82, 2.24) is 5.32 Å². The zero-order valence-electron chi connectivity index (χ0n) is 11.2. The summed E-state index contributed by atoms with van der Waals surface area (Å²) in [5, 5.41) is 2.11. The predicted octanol–water partition coefficient (Wildman–Crippen LogP) is 1.17. The zero-order valence-corrected chi connectivity index (χ0v) is 11.2. The van der Waals surface area contributed by atoms with Gasteiger partial charge in [-0.1, -0.05) is 0 Å². The van der Waals surface area contributed by atoms with Crippen molar-refractivity contribution in [3.8, 4) is 11.5 Å². The number of methoxy groups -OCH3 is 1. The van der Waals surface area contributed by atoms with E-state index in [1.807, 2.05) is 0 Å². The molecule has 0 aliphatic carbocycles. The van der Waals surface area contributed by atoms with Crippen molar-refractivity contribution < 1.29 is 23.0 Å². The Hall–Kier alpha value is -1.89. The number of benzene rings is 1. The lowest BCUT2D eigenvalue weighted by Crippen LogP contribution is -2.41. The fraction of sp³-hybridized carbons (Fsp3) is 0.462. The Morgan fingerprint density at radius 2 is 1.90 bits per heavy atom. The maximum atomic E-state index is 12.8. The fourth-order valence-electron chi connectivity index (χ4n) is 1.32. The van der Waals surface area contributed by atoms with Crippen LogP contribution in [0.4, 0.5) is 8.78 Å². The molecule has 112 valence electrons. The highest BCUT2D eigenvalue weighted by molar-refractivity contribution is 5.76. The normalized spacial score (nSPS) is 11.0. The number of hydrogen-bond donors (Lipinski definition) is 2. The summed E-state index contributed by atoms with van der Waals surface area (Å²) in [6, 6.07) is 6.83. The van der Waals surface area contributed by atoms with Gasteiger partial charge >= 0.3 is 0 Å². The van der Waals surface area contributed by atoms with Gasteiger partial charge in [-0.25, -0.2) is 8.78 Å². The van der Waals surface area contributed by atoms with Crippen molar-refractivity contribution in [2.45, 2.75) is 12.3 Å². The lowest BCUT2D eigenvalue weighted by molar-refractivity contribution is -0.123. The molecule has 0 unspecified atom stereocenters. The van der Waals surface area contributed by atoms with Crippen molar-refractivity contribution in [1.29, 1.82) is 0 Å². The molecule has 0 bridgehead atoms. The average molecular weight is 288 g/mol. The van der Waals surface area contributed by atoms with Crippen LogP contribution in [0.1, 0.15) is 6.42 Å². The van der Waals surface area contributed by atoms with E-state index < -0.39 is 24.9 Å². The number of ether oxygens (including phenoxy) is 2. The van der Waals surface area contributed by atoms with Gasteiger partial charge in [-0.05, 0) is 24.3 Å². The molecule has 0 saturated heterocycles. The smallest absolute Gasteiger partial charge is 0.277 e. The topological polar surface area (TPSA) is 73.6 Å². The molecule has 1 rings (SSSR count). The van der Waals surface area contributed by atoms with Crippen LogP contribution in [-0.4, -0.2) is 38.6 Å². The van der Waals surface area contributed by atoms with Gasteiger partial charge in [0.05, 0.1) is 33.2 Å². The maximum absolute atomic E-state index is 12.8. The van der Waals surface area contributed by atoms with Crippen molar-refractivity contribution >= 4 is 5.91 Å². The van der Waals surface area contributed by atoms with Gasteiger partial charge in [-0.2, -0.15) is 0 Å². The van der Waals surface area contributed by atoms with Crippen molar-refractivity contribution in [3.63, 3.8) is 0 Å². The third-order valence-corrected chi connectivity index (χ3v) is 2.50. The molecule has 0 fully saturated rings. The highest BCUT2D eigenvalue weighted by Gasteiger charge is 2.26. The van der Waals surface area contributed by atoms with Crippen molar-refractivity contribution in [2.75, 3.05) is 26.8 Å². The Morgan fingerprint density at radius 3 is 2.45 bits per heavy atom. The van der Waals surface area contributed by atoms with Crippen LogP contribution in [0.15, 0.2) is 24.3 Å². The summed E-state index contributed by atoms with van der Waals surface area (Å²) in [4.78, 5) is 11.3. The molecular weight excluding hydrogens is 270 g/mol. The minimum absolute atomic E-state index is 0.00726. The average Bonchev–Trinajstić information content (AvgIpc) is 2.46. The molecule has 0 aromatic heterocycles. The van der Waals surface area contributed by atoms with E-state index in [0.29, 0.717) is 11.5 Å². The largest absolute Gasteiger partial charge is 0.497 e. The molecule has 0 aliphatic rings. The molecule has 3 N–H and O–H groups in total. The third-order valence-electron chi connectivity index (χ3n) is 2.50. The molecule has 0 atom stereocenters. The zero-order chi connectivity index (χ0) is 15.0. The monoisotopic (exact) mass is 288 g/mol. The van der Waals surface area contributed by atoms with Crippen LogP contribution < -0.4 is 20.5 Å². The van der Waals surface area contributed by atoms with Gasteiger partial charge in [-0.15, -0.1) is 0 Å². The summed E-state index contributed by atoms with van der Waals surface area (Å²) >= 11 is 0. The number of carbonyl (C=O) groups is 1. The number of rotatable bonds is 8. The summed E-state index contributed by atoms with van der Waals surface area (Å²) in [5.41, 5.74) is 4.86. The van der Waals surface area contributed by atoms with E-state index in [1.54, 1.807) is 31.4 Å². The summed E-state index contributed by atoms with van der Waals surface area (Å²) < 4.78 is 35.9. The van der Waals surface area contributed by atoms with Gasteiger partial charge in [0.15, 0.2) is 0 Å². The lowest BCUT2D eigenvalue weighted by atomic mass is 10.3. The van der Waals surface area contributed by atoms with Gasteiger partial charge in [0, 0.05) is 0 Å². The van der Waals surface area contributed by atoms with E-state index in [2.05, 4.69) is 5.32 Å². The summed E-state index contributed by atoms with van der Waals surface area (Å²) in [6.45, 7) is -1.45. The quantitative estimate of drug-likeness (QED) is 0.753. The molecule has 5 nitrogen and oxygen atoms in total. The second kappa shape index (κ2) is 7.64. The number of nitrogens with one attached hydrogen (secondary N) is 1. The Bertz CT molecular complexity index is 424. The first-order valence-corrected chi connectivity index (χ1v) is 6.08. The minimum atomic E-state index is -3.08. The van der Waals surface area contributed by atoms with E-state index in [-0.39, 0.29) is 13.0 Å². The first-order chi connectivity index (χ1) is 9.46. The van der Waals surface area contributed by atoms with Crippen LogP contribution in [0.2, 0.25) is 0 Å². The number of halogens is 2. The molecule has 0 spiro atoms. The summed E-state index contributed by atoms with van der Waals surface area (Å²) in [6.07, 6.45) is -0.00726. The summed E-state index contributed by atoms with van der Waals surface area (Å²) in [7, 11) is 1.55. The molecular formula is C13H18F2N2O3. The second-order valence-corrected chi connectivity index (χ2v) is 4.11. The molecule has 7 heteroatoms. The fourth-order valence-corrected chi connectivity index (χ4v) is 1.32. The van der Waals surface area contributed by atoms with Crippen LogP contribution in [0.25, 0.3) is 0 Å². The van der Waals surface area contributed by atoms with E-state index in [4.69, 9.17) is 15.2 Å². The van der Waals surface area contributed by atoms with E-state index >= 15 is 0 Å². The Kier molecular flexibility index (Phi) is 6.17. The molecule has 0 saturated carbocycles. The van der Waals surface area contributed by atoms with Gasteiger partial charge in [0.2, 0.25) is 5.91 Å².